The lowest BCUT2D eigenvalue weighted by Gasteiger charge is -2.20. The Bertz CT molecular complexity index is 1420. The number of likely N-dealkylation sites (tertiary alicyclic amines) is 1. The number of hydrogen-bond donors (Lipinski definition) is 2. The van der Waals surface area contributed by atoms with Crippen molar-refractivity contribution in [2.45, 2.75) is 64.2 Å². The highest BCUT2D eigenvalue weighted by Crippen LogP contribution is 2.33. The van der Waals surface area contributed by atoms with Crippen LogP contribution >= 0.6 is 0 Å². The predicted octanol–water partition coefficient (Wildman–Crippen LogP) is 4.21. The van der Waals surface area contributed by atoms with Crippen LogP contribution in [0.5, 0.6) is 0 Å². The Morgan fingerprint density at radius 1 is 1.05 bits per heavy atom. The van der Waals surface area contributed by atoms with E-state index in [-0.39, 0.29) is 17.5 Å². The van der Waals surface area contributed by atoms with E-state index in [0.717, 1.165) is 62.0 Å². The fourth-order valence-corrected chi connectivity index (χ4v) is 5.53. The van der Waals surface area contributed by atoms with Gasteiger partial charge in [0.05, 0.1) is 0 Å². The van der Waals surface area contributed by atoms with Crippen LogP contribution in [0.2, 0.25) is 0 Å². The van der Waals surface area contributed by atoms with E-state index in [9.17, 15) is 14.0 Å². The summed E-state index contributed by atoms with van der Waals surface area (Å²) in [6.45, 7) is 5.26. The first-order chi connectivity index (χ1) is 17.9. The van der Waals surface area contributed by atoms with E-state index in [1.165, 1.54) is 18.9 Å². The maximum absolute atomic E-state index is 15.0. The zero-order valence-electron chi connectivity index (χ0n) is 21.6. The van der Waals surface area contributed by atoms with Gasteiger partial charge in [-0.3, -0.25) is 14.5 Å². The lowest BCUT2D eigenvalue weighted by atomic mass is 9.94. The van der Waals surface area contributed by atoms with E-state index in [1.54, 1.807) is 13.0 Å². The predicted molar refractivity (Wildman–Crippen MR) is 144 cm³/mol. The molecule has 194 valence electrons. The molecule has 1 aromatic heterocycles. The molecule has 7 heteroatoms. The van der Waals surface area contributed by atoms with Crippen molar-refractivity contribution in [1.29, 1.82) is 0 Å². The quantitative estimate of drug-likeness (QED) is 0.484. The summed E-state index contributed by atoms with van der Waals surface area (Å²) in [5.74, 6) is -0.0353. The third-order valence-corrected chi connectivity index (χ3v) is 8.22. The maximum atomic E-state index is 15.0. The normalized spacial score (nSPS) is 20.0. The second-order valence-electron chi connectivity index (χ2n) is 11.2. The zero-order valence-corrected chi connectivity index (χ0v) is 21.6. The second kappa shape index (κ2) is 9.69. The minimum absolute atomic E-state index is 0.0344. The van der Waals surface area contributed by atoms with Gasteiger partial charge in [0.25, 0.3) is 11.5 Å². The van der Waals surface area contributed by atoms with Crippen molar-refractivity contribution in [3.8, 4) is 11.1 Å². The summed E-state index contributed by atoms with van der Waals surface area (Å²) in [6.07, 6.45) is 7.48. The summed E-state index contributed by atoms with van der Waals surface area (Å²) in [7, 11) is 2.01. The molecule has 2 heterocycles. The molecule has 37 heavy (non-hydrogen) atoms. The number of likely N-dealkylation sites (N-methyl/N-ethyl adjacent to an activating group) is 1. The Labute approximate surface area is 216 Å². The number of aromatic nitrogens is 1. The number of amides is 1. The van der Waals surface area contributed by atoms with Crippen molar-refractivity contribution in [3.05, 3.63) is 69.4 Å². The van der Waals surface area contributed by atoms with Crippen molar-refractivity contribution < 1.29 is 9.18 Å². The van der Waals surface area contributed by atoms with Crippen molar-refractivity contribution in [3.63, 3.8) is 0 Å². The van der Waals surface area contributed by atoms with E-state index in [2.05, 4.69) is 15.5 Å². The summed E-state index contributed by atoms with van der Waals surface area (Å²) in [5.41, 5.74) is 3.50. The molecule has 6 rings (SSSR count). The fourth-order valence-electron chi connectivity index (χ4n) is 5.53. The molecule has 0 unspecified atom stereocenters. The lowest BCUT2D eigenvalue weighted by molar-refractivity contribution is 0.0950. The number of carbonyl (C=O) groups excluding carboxylic acids is 1. The smallest absolute Gasteiger partial charge is 0.258 e. The highest BCUT2D eigenvalue weighted by Gasteiger charge is 2.26. The molecule has 2 saturated carbocycles. The van der Waals surface area contributed by atoms with Gasteiger partial charge in [-0.1, -0.05) is 6.07 Å². The largest absolute Gasteiger partial charge is 0.349 e. The molecule has 3 aliphatic rings. The van der Waals surface area contributed by atoms with Crippen LogP contribution in [0, 0.1) is 18.7 Å². The van der Waals surface area contributed by atoms with E-state index in [1.807, 2.05) is 36.0 Å². The van der Waals surface area contributed by atoms with E-state index in [4.69, 9.17) is 0 Å². The zero-order chi connectivity index (χ0) is 25.7. The summed E-state index contributed by atoms with van der Waals surface area (Å²) in [5, 5.41) is 7.95. The number of hydrogen-bond acceptors (Lipinski definition) is 4. The number of halogens is 1. The summed E-state index contributed by atoms with van der Waals surface area (Å²) >= 11 is 0. The number of carbonyl (C=O) groups is 1. The van der Waals surface area contributed by atoms with Crippen LogP contribution in [-0.2, 0) is 13.1 Å². The molecule has 3 aromatic rings. The van der Waals surface area contributed by atoms with Crippen LogP contribution in [-0.4, -0.2) is 47.6 Å². The molecule has 0 radical (unpaired) electrons. The lowest BCUT2D eigenvalue weighted by Crippen LogP contribution is -2.30. The van der Waals surface area contributed by atoms with Gasteiger partial charge in [0.15, 0.2) is 0 Å². The van der Waals surface area contributed by atoms with Gasteiger partial charge in [-0.05, 0) is 104 Å². The molecule has 0 spiro atoms. The monoisotopic (exact) mass is 502 g/mol. The number of nitrogens with one attached hydrogen (secondary N) is 2. The second-order valence-corrected chi connectivity index (χ2v) is 11.2. The third-order valence-electron chi connectivity index (χ3n) is 8.22. The van der Waals surface area contributed by atoms with Gasteiger partial charge in [-0.15, -0.1) is 0 Å². The topological polar surface area (TPSA) is 66.4 Å². The van der Waals surface area contributed by atoms with Crippen LogP contribution in [0.15, 0.2) is 41.3 Å². The number of rotatable bonds is 8. The molecule has 1 saturated heterocycles. The van der Waals surface area contributed by atoms with Crippen molar-refractivity contribution in [2.24, 2.45) is 5.92 Å². The van der Waals surface area contributed by atoms with Crippen LogP contribution in [0.1, 0.15) is 53.6 Å². The Kier molecular flexibility index (Phi) is 6.37. The minimum Gasteiger partial charge on any atom is -0.349 e. The molecule has 1 aliphatic heterocycles. The Balaban J connectivity index is 1.42. The molecule has 1 amide bonds. The molecular weight excluding hydrogens is 467 g/mol. The van der Waals surface area contributed by atoms with Crippen LogP contribution in [0.3, 0.4) is 0 Å². The van der Waals surface area contributed by atoms with Crippen LogP contribution in [0.25, 0.3) is 21.9 Å². The summed E-state index contributed by atoms with van der Waals surface area (Å²) in [4.78, 5) is 28.6. The summed E-state index contributed by atoms with van der Waals surface area (Å²) < 4.78 is 16.9. The van der Waals surface area contributed by atoms with Gasteiger partial charge in [-0.25, -0.2) is 4.39 Å². The van der Waals surface area contributed by atoms with Crippen LogP contribution in [0.4, 0.5) is 4.39 Å². The van der Waals surface area contributed by atoms with Gasteiger partial charge in [0.1, 0.15) is 5.82 Å². The molecule has 3 fully saturated rings. The van der Waals surface area contributed by atoms with Crippen molar-refractivity contribution in [1.82, 2.24) is 20.1 Å². The number of fused-ring (bicyclic) bond motifs is 1. The molecule has 1 atom stereocenters. The van der Waals surface area contributed by atoms with Gasteiger partial charge in [0, 0.05) is 55.4 Å². The van der Waals surface area contributed by atoms with E-state index >= 15 is 0 Å². The molecule has 0 bridgehead atoms. The SMILES string of the molecule is CN[C@@H]1CCN(Cc2cn(CC3CC3)c(=O)c3ccc(-c4cc(C(=O)NC5CC5)cc(F)c4C)cc23)C1. The standard InChI is InChI=1S/C30H35FN4O2/c1-18-26(12-21(13-28(18)31)29(36)33-23-6-7-23)20-5-8-25-27(11-20)22(15-34-10-9-24(17-34)32-2)16-35(30(25)37)14-19-3-4-19/h5,8,11-13,16,19,23-24,32H,3-4,6-7,9-10,14-15,17H2,1-2H3,(H,33,36)/t24-/m1/s1. The average molecular weight is 503 g/mol. The van der Waals surface area contributed by atoms with E-state index < -0.39 is 5.82 Å². The molecule has 2 aromatic carbocycles. The molecule has 2 N–H and O–H groups in total. The first-order valence-electron chi connectivity index (χ1n) is 13.6. The first-order valence-corrected chi connectivity index (χ1v) is 13.6. The van der Waals surface area contributed by atoms with Crippen LogP contribution < -0.4 is 16.2 Å². The van der Waals surface area contributed by atoms with Gasteiger partial charge >= 0.3 is 0 Å². The van der Waals surface area contributed by atoms with Gasteiger partial charge in [0.2, 0.25) is 0 Å². The van der Waals surface area contributed by atoms with Gasteiger partial charge in [-0.2, -0.15) is 0 Å². The van der Waals surface area contributed by atoms with E-state index in [0.29, 0.717) is 34.0 Å². The minimum atomic E-state index is -0.395. The number of pyridine rings is 1. The number of nitrogens with zero attached hydrogens (tertiary/aromatic N) is 2. The number of benzene rings is 2. The van der Waals surface area contributed by atoms with Crippen molar-refractivity contribution in [2.75, 3.05) is 20.1 Å². The molecule has 2 aliphatic carbocycles. The maximum Gasteiger partial charge on any atom is 0.258 e. The average Bonchev–Trinajstić information content (AvgIpc) is 3.83. The highest BCUT2D eigenvalue weighted by atomic mass is 19.1. The van der Waals surface area contributed by atoms with Crippen molar-refractivity contribution >= 4 is 16.7 Å². The third kappa shape index (κ3) is 5.07. The Morgan fingerprint density at radius 2 is 1.86 bits per heavy atom. The fraction of sp³-hybridized carbons (Fsp3) is 0.467. The molecule has 6 nitrogen and oxygen atoms in total. The van der Waals surface area contributed by atoms with Gasteiger partial charge < -0.3 is 15.2 Å². The summed E-state index contributed by atoms with van der Waals surface area (Å²) in [6, 6.07) is 9.59. The molecular formula is C30H35FN4O2. The first kappa shape index (κ1) is 24.3. The Hall–Kier alpha value is -3.03. The highest BCUT2D eigenvalue weighted by molar-refractivity contribution is 5.97. The Morgan fingerprint density at radius 3 is 2.57 bits per heavy atom.